The number of carboxylic acids is 1. The maximum atomic E-state index is 10.4. The van der Waals surface area contributed by atoms with Crippen molar-refractivity contribution in [2.45, 2.75) is 110 Å². The maximum absolute atomic E-state index is 10.4. The van der Waals surface area contributed by atoms with Crippen LogP contribution < -0.4 is 5.73 Å². The van der Waals surface area contributed by atoms with E-state index in [2.05, 4.69) is 6.92 Å². The fourth-order valence-corrected chi connectivity index (χ4v) is 3.25. The van der Waals surface area contributed by atoms with Crippen LogP contribution in [-0.4, -0.2) is 17.0 Å². The van der Waals surface area contributed by atoms with Gasteiger partial charge in [-0.2, -0.15) is 0 Å². The topological polar surface area (TPSA) is 80.4 Å². The number of rotatable bonds is 17. The van der Waals surface area contributed by atoms with Crippen LogP contribution in [0.25, 0.3) is 0 Å². The molecule has 29 heavy (non-hydrogen) atoms. The molecule has 0 unspecified atom stereocenters. The molecule has 4 nitrogen and oxygen atoms in total. The summed E-state index contributed by atoms with van der Waals surface area (Å²) < 4.78 is 0. The molecule has 0 radical (unpaired) electrons. The number of primary amides is 1. The average Bonchev–Trinajstić information content (AvgIpc) is 2.72. The molecule has 0 aliphatic carbocycles. The molecule has 0 atom stereocenters. The van der Waals surface area contributed by atoms with Crippen LogP contribution in [0.4, 0.5) is 0 Å². The van der Waals surface area contributed by atoms with Crippen molar-refractivity contribution < 1.29 is 14.7 Å². The summed E-state index contributed by atoms with van der Waals surface area (Å²) >= 11 is 0. The van der Waals surface area contributed by atoms with E-state index in [9.17, 15) is 9.59 Å². The molecule has 0 saturated carbocycles. The number of unbranched alkanes of at least 4 members (excludes halogenated alkanes) is 14. The summed E-state index contributed by atoms with van der Waals surface area (Å²) in [4.78, 5) is 20.8. The number of carbonyl (C=O) groups excluding carboxylic acids is 1. The number of carbonyl (C=O) groups is 2. The second kappa shape index (κ2) is 20.9. The minimum atomic E-state index is -0.653. The summed E-state index contributed by atoms with van der Waals surface area (Å²) in [5, 5.41) is 8.52. The third-order valence-corrected chi connectivity index (χ3v) is 5.05. The molecule has 0 spiro atoms. The van der Waals surface area contributed by atoms with Gasteiger partial charge in [0.15, 0.2) is 0 Å². The van der Waals surface area contributed by atoms with Gasteiger partial charge >= 0.3 is 5.97 Å². The molecule has 3 N–H and O–H groups in total. The smallest absolute Gasteiger partial charge is 0.303 e. The molecule has 0 bridgehead atoms. The third-order valence-electron chi connectivity index (χ3n) is 5.05. The Labute approximate surface area is 178 Å². The highest BCUT2D eigenvalue weighted by Crippen LogP contribution is 2.13. The molecule has 0 aliphatic heterocycles. The fraction of sp³-hybridized carbons (Fsp3) is 0.680. The van der Waals surface area contributed by atoms with Gasteiger partial charge in [0.25, 0.3) is 0 Å². The lowest BCUT2D eigenvalue weighted by molar-refractivity contribution is -0.137. The highest BCUT2D eigenvalue weighted by Gasteiger charge is 1.97. The Bertz CT molecular complexity index is 502. The lowest BCUT2D eigenvalue weighted by Crippen LogP contribution is -2.09. The molecule has 166 valence electrons. The van der Waals surface area contributed by atoms with Crippen LogP contribution >= 0.6 is 0 Å². The molecule has 1 amide bonds. The van der Waals surface area contributed by atoms with Crippen LogP contribution in [0.15, 0.2) is 30.3 Å². The van der Waals surface area contributed by atoms with E-state index < -0.39 is 5.97 Å². The molecule has 0 fully saturated rings. The van der Waals surface area contributed by atoms with Gasteiger partial charge in [0, 0.05) is 12.0 Å². The van der Waals surface area contributed by atoms with E-state index in [4.69, 9.17) is 10.8 Å². The molecule has 0 aromatic heterocycles. The fourth-order valence-electron chi connectivity index (χ4n) is 3.25. The van der Waals surface area contributed by atoms with E-state index in [1.165, 1.54) is 83.5 Å². The summed E-state index contributed by atoms with van der Waals surface area (Å²) in [6.07, 6.45) is 20.2. The van der Waals surface area contributed by atoms with Crippen LogP contribution in [0.1, 0.15) is 120 Å². The van der Waals surface area contributed by atoms with E-state index in [1.807, 2.05) is 6.07 Å². The molecule has 1 aromatic rings. The third kappa shape index (κ3) is 20.7. The highest BCUT2D eigenvalue weighted by atomic mass is 16.4. The van der Waals surface area contributed by atoms with Crippen molar-refractivity contribution in [2.75, 3.05) is 0 Å². The van der Waals surface area contributed by atoms with Crippen molar-refractivity contribution >= 4 is 11.9 Å². The summed E-state index contributed by atoms with van der Waals surface area (Å²) in [5.41, 5.74) is 5.53. The van der Waals surface area contributed by atoms with E-state index in [0.717, 1.165) is 12.8 Å². The zero-order chi connectivity index (χ0) is 21.6. The molecule has 0 heterocycles. The van der Waals surface area contributed by atoms with Gasteiger partial charge in [0.05, 0.1) is 0 Å². The van der Waals surface area contributed by atoms with Crippen molar-refractivity contribution in [3.8, 4) is 0 Å². The SMILES string of the molecule is CCCCCCCCCCCCCCCCCC(=O)O.NC(=O)c1ccccc1. The number of hydrogen-bond acceptors (Lipinski definition) is 2. The van der Waals surface area contributed by atoms with Crippen molar-refractivity contribution in [3.63, 3.8) is 0 Å². The number of hydrogen-bond donors (Lipinski definition) is 2. The second-order valence-corrected chi connectivity index (χ2v) is 7.82. The van der Waals surface area contributed by atoms with E-state index in [1.54, 1.807) is 24.3 Å². The van der Waals surface area contributed by atoms with Gasteiger partial charge < -0.3 is 10.8 Å². The number of aliphatic carboxylic acids is 1. The van der Waals surface area contributed by atoms with E-state index in [-0.39, 0.29) is 5.91 Å². The van der Waals surface area contributed by atoms with Crippen LogP contribution in [0.5, 0.6) is 0 Å². The lowest BCUT2D eigenvalue weighted by Gasteiger charge is -2.03. The summed E-state index contributed by atoms with van der Waals surface area (Å²) in [6.45, 7) is 2.27. The van der Waals surface area contributed by atoms with Gasteiger partial charge in [-0.05, 0) is 18.6 Å². The summed E-state index contributed by atoms with van der Waals surface area (Å²) in [7, 11) is 0. The number of carboxylic acid groups (broad SMARTS) is 1. The number of nitrogens with two attached hydrogens (primary N) is 1. The Morgan fingerprint density at radius 1 is 0.690 bits per heavy atom. The van der Waals surface area contributed by atoms with Crippen molar-refractivity contribution in [1.29, 1.82) is 0 Å². The standard InChI is InChI=1S/C18H36O2.C7H7NO/c1-2-3-4-5-6-7-8-9-10-11-12-13-14-15-16-17-18(19)20;8-7(9)6-4-2-1-3-5-6/h2-17H2,1H3,(H,19,20);1-5H,(H2,8,9). The first-order valence-corrected chi connectivity index (χ1v) is 11.6. The average molecular weight is 406 g/mol. The molecule has 1 aromatic carbocycles. The van der Waals surface area contributed by atoms with Gasteiger partial charge in [-0.15, -0.1) is 0 Å². The molecule has 0 aliphatic rings. The first kappa shape index (κ1) is 27.2. The predicted octanol–water partition coefficient (Wildman–Crippen LogP) is 7.12. The van der Waals surface area contributed by atoms with Crippen LogP contribution in [0, 0.1) is 0 Å². The second-order valence-electron chi connectivity index (χ2n) is 7.82. The van der Waals surface area contributed by atoms with Crippen LogP contribution in [0.3, 0.4) is 0 Å². The molecule has 0 saturated heterocycles. The Morgan fingerprint density at radius 3 is 1.38 bits per heavy atom. The Balaban J connectivity index is 0.000000717. The quantitative estimate of drug-likeness (QED) is 0.271. The van der Waals surface area contributed by atoms with Crippen molar-refractivity contribution in [1.82, 2.24) is 0 Å². The zero-order valence-electron chi connectivity index (χ0n) is 18.5. The highest BCUT2D eigenvalue weighted by molar-refractivity contribution is 5.92. The van der Waals surface area contributed by atoms with E-state index >= 15 is 0 Å². The van der Waals surface area contributed by atoms with Gasteiger partial charge in [-0.3, -0.25) is 9.59 Å². The first-order valence-electron chi connectivity index (χ1n) is 11.6. The van der Waals surface area contributed by atoms with E-state index in [0.29, 0.717) is 12.0 Å². The monoisotopic (exact) mass is 405 g/mol. The van der Waals surface area contributed by atoms with Gasteiger partial charge in [-0.1, -0.05) is 115 Å². The summed E-state index contributed by atoms with van der Waals surface area (Å²) in [5.74, 6) is -1.03. The van der Waals surface area contributed by atoms with Crippen LogP contribution in [0.2, 0.25) is 0 Å². The van der Waals surface area contributed by atoms with Crippen molar-refractivity contribution in [2.24, 2.45) is 5.73 Å². The van der Waals surface area contributed by atoms with Crippen LogP contribution in [-0.2, 0) is 4.79 Å². The number of amides is 1. The van der Waals surface area contributed by atoms with Gasteiger partial charge in [0.1, 0.15) is 0 Å². The van der Waals surface area contributed by atoms with Gasteiger partial charge in [0.2, 0.25) is 5.91 Å². The lowest BCUT2D eigenvalue weighted by atomic mass is 10.0. The minimum absolute atomic E-state index is 0.345. The molecular formula is C25H43NO3. The summed E-state index contributed by atoms with van der Waals surface area (Å²) in [6, 6.07) is 8.76. The zero-order valence-corrected chi connectivity index (χ0v) is 18.5. The largest absolute Gasteiger partial charge is 0.481 e. The Morgan fingerprint density at radius 2 is 1.07 bits per heavy atom. The minimum Gasteiger partial charge on any atom is -0.481 e. The Hall–Kier alpha value is -1.84. The normalized spacial score (nSPS) is 10.2. The molecular weight excluding hydrogens is 362 g/mol. The van der Waals surface area contributed by atoms with Crippen molar-refractivity contribution in [3.05, 3.63) is 35.9 Å². The Kier molecular flexibility index (Phi) is 19.6. The molecule has 1 rings (SSSR count). The molecule has 4 heteroatoms. The first-order chi connectivity index (χ1) is 14.1. The maximum Gasteiger partial charge on any atom is 0.303 e. The number of benzene rings is 1. The predicted molar refractivity (Wildman–Crippen MR) is 122 cm³/mol. The van der Waals surface area contributed by atoms with Gasteiger partial charge in [-0.25, -0.2) is 0 Å².